The lowest BCUT2D eigenvalue weighted by Crippen LogP contribution is -2.47. The number of halogens is 3. The second kappa shape index (κ2) is 9.93. The van der Waals surface area contributed by atoms with E-state index in [4.69, 9.17) is 4.42 Å². The third-order valence-corrected chi connectivity index (χ3v) is 7.59. The second-order valence-electron chi connectivity index (χ2n) is 8.45. The molecule has 0 spiro atoms. The summed E-state index contributed by atoms with van der Waals surface area (Å²) >= 11 is 1.48. The van der Waals surface area contributed by atoms with Crippen LogP contribution in [0.3, 0.4) is 0 Å². The summed E-state index contributed by atoms with van der Waals surface area (Å²) in [6.07, 6.45) is -2.95. The van der Waals surface area contributed by atoms with Crippen LogP contribution in [0.2, 0.25) is 0 Å². The Morgan fingerprint density at radius 2 is 1.79 bits per heavy atom. The molecule has 182 valence electrons. The van der Waals surface area contributed by atoms with E-state index in [1.54, 1.807) is 24.3 Å². The van der Waals surface area contributed by atoms with E-state index < -0.39 is 11.7 Å². The van der Waals surface area contributed by atoms with E-state index in [0.29, 0.717) is 5.00 Å². The average Bonchev–Trinajstić information content (AvgIpc) is 3.44. The van der Waals surface area contributed by atoms with E-state index in [0.717, 1.165) is 66.4 Å². The maximum absolute atomic E-state index is 13.2. The number of furan rings is 1. The van der Waals surface area contributed by atoms with Crippen molar-refractivity contribution in [2.45, 2.75) is 33.0 Å². The van der Waals surface area contributed by atoms with Crippen LogP contribution in [0.4, 0.5) is 18.2 Å². The lowest BCUT2D eigenvalue weighted by Gasteiger charge is -2.40. The van der Waals surface area contributed by atoms with Gasteiger partial charge in [0, 0.05) is 36.6 Å². The molecular formula is C25H28F3N3O2S. The molecule has 1 aliphatic heterocycles. The molecule has 1 atom stereocenters. The number of anilines is 1. The zero-order chi connectivity index (χ0) is 24.5. The van der Waals surface area contributed by atoms with Crippen LogP contribution in [-0.4, -0.2) is 48.4 Å². The number of piperazine rings is 1. The van der Waals surface area contributed by atoms with Gasteiger partial charge in [0.05, 0.1) is 17.9 Å². The van der Waals surface area contributed by atoms with E-state index in [2.05, 4.69) is 22.0 Å². The number of carbonyl (C=O) groups excluding carboxylic acids is 1. The van der Waals surface area contributed by atoms with Crippen molar-refractivity contribution in [1.29, 1.82) is 0 Å². The summed E-state index contributed by atoms with van der Waals surface area (Å²) in [4.78, 5) is 18.5. The van der Waals surface area contributed by atoms with Crippen LogP contribution >= 0.6 is 11.3 Å². The number of nitrogens with one attached hydrogen (secondary N) is 1. The zero-order valence-corrected chi connectivity index (χ0v) is 20.2. The number of carbonyl (C=O) groups is 1. The Hall–Kier alpha value is -2.62. The summed E-state index contributed by atoms with van der Waals surface area (Å²) in [5.41, 5.74) is 2.05. The van der Waals surface area contributed by atoms with Gasteiger partial charge >= 0.3 is 6.18 Å². The maximum Gasteiger partial charge on any atom is 0.416 e. The molecule has 4 rings (SSSR count). The van der Waals surface area contributed by atoms with Crippen molar-refractivity contribution in [1.82, 2.24) is 9.80 Å². The van der Waals surface area contributed by atoms with Gasteiger partial charge in [-0.3, -0.25) is 9.69 Å². The van der Waals surface area contributed by atoms with Gasteiger partial charge in [-0.1, -0.05) is 19.1 Å². The molecule has 1 aliphatic rings. The van der Waals surface area contributed by atoms with E-state index in [-0.39, 0.29) is 17.7 Å². The van der Waals surface area contributed by atoms with Crippen molar-refractivity contribution in [3.8, 4) is 0 Å². The molecule has 3 heterocycles. The molecule has 0 aliphatic carbocycles. The predicted molar refractivity (Wildman–Crippen MR) is 127 cm³/mol. The van der Waals surface area contributed by atoms with Crippen LogP contribution in [0, 0.1) is 13.8 Å². The van der Waals surface area contributed by atoms with Gasteiger partial charge in [0.15, 0.2) is 5.76 Å². The highest BCUT2D eigenvalue weighted by Gasteiger charge is 2.34. The van der Waals surface area contributed by atoms with Crippen molar-refractivity contribution in [3.63, 3.8) is 0 Å². The minimum absolute atomic E-state index is 0.206. The Morgan fingerprint density at radius 1 is 1.12 bits per heavy atom. The van der Waals surface area contributed by atoms with Gasteiger partial charge in [0.25, 0.3) is 5.91 Å². The van der Waals surface area contributed by atoms with Gasteiger partial charge in [-0.25, -0.2) is 0 Å². The molecule has 1 amide bonds. The molecule has 0 saturated carbocycles. The quantitative estimate of drug-likeness (QED) is 0.463. The van der Waals surface area contributed by atoms with Crippen molar-refractivity contribution >= 4 is 22.2 Å². The molecule has 34 heavy (non-hydrogen) atoms. The number of aryl methyl sites for hydroxylation is 1. The van der Waals surface area contributed by atoms with E-state index >= 15 is 0 Å². The number of rotatable bonds is 6. The second-order valence-corrected chi connectivity index (χ2v) is 9.67. The molecular weight excluding hydrogens is 463 g/mol. The Morgan fingerprint density at radius 3 is 2.35 bits per heavy atom. The van der Waals surface area contributed by atoms with E-state index in [1.165, 1.54) is 17.6 Å². The summed E-state index contributed by atoms with van der Waals surface area (Å²) in [5.74, 6) is -0.147. The molecule has 1 aromatic carbocycles. The Labute approximate surface area is 201 Å². The van der Waals surface area contributed by atoms with Gasteiger partial charge in [-0.15, -0.1) is 11.3 Å². The third-order valence-electron chi connectivity index (χ3n) is 6.45. The minimum atomic E-state index is -4.39. The van der Waals surface area contributed by atoms with Crippen LogP contribution in [-0.2, 0) is 6.18 Å². The first kappa shape index (κ1) is 24.5. The van der Waals surface area contributed by atoms with Gasteiger partial charge in [-0.2, -0.15) is 13.2 Å². The smallest absolute Gasteiger partial charge is 0.416 e. The van der Waals surface area contributed by atoms with Crippen molar-refractivity contribution in [2.24, 2.45) is 0 Å². The third kappa shape index (κ3) is 5.06. The highest BCUT2D eigenvalue weighted by Crippen LogP contribution is 2.43. The van der Waals surface area contributed by atoms with Crippen molar-refractivity contribution in [2.75, 3.05) is 38.0 Å². The van der Waals surface area contributed by atoms with Gasteiger partial charge in [0.2, 0.25) is 0 Å². The molecule has 1 N–H and O–H groups in total. The van der Waals surface area contributed by atoms with Gasteiger partial charge < -0.3 is 14.6 Å². The topological polar surface area (TPSA) is 48.7 Å². The Bertz CT molecular complexity index is 1120. The SMILES string of the molecule is CCN1CCN(C(c2ccc(C(F)(F)F)cc2)c2c(NC(=O)c3ccco3)sc(C)c2C)CC1. The van der Waals surface area contributed by atoms with Crippen LogP contribution in [0.25, 0.3) is 0 Å². The van der Waals surface area contributed by atoms with Crippen LogP contribution in [0.15, 0.2) is 47.1 Å². The number of thiophene rings is 1. The predicted octanol–water partition coefficient (Wildman–Crippen LogP) is 5.96. The number of likely N-dealkylation sites (N-methyl/N-ethyl adjacent to an activating group) is 1. The summed E-state index contributed by atoms with van der Waals surface area (Å²) in [6.45, 7) is 10.4. The number of nitrogens with zero attached hydrogens (tertiary/aromatic N) is 2. The fourth-order valence-electron chi connectivity index (χ4n) is 4.39. The molecule has 5 nitrogen and oxygen atoms in total. The van der Waals surface area contributed by atoms with Crippen molar-refractivity contribution < 1.29 is 22.4 Å². The average molecular weight is 492 g/mol. The van der Waals surface area contributed by atoms with Crippen LogP contribution in [0.1, 0.15) is 50.7 Å². The first-order valence-corrected chi connectivity index (χ1v) is 12.1. The monoisotopic (exact) mass is 491 g/mol. The zero-order valence-electron chi connectivity index (χ0n) is 19.4. The highest BCUT2D eigenvalue weighted by molar-refractivity contribution is 7.16. The minimum Gasteiger partial charge on any atom is -0.459 e. The van der Waals surface area contributed by atoms with Crippen molar-refractivity contribution in [3.05, 3.63) is 75.6 Å². The fourth-order valence-corrected chi connectivity index (χ4v) is 5.48. The molecule has 0 bridgehead atoms. The van der Waals surface area contributed by atoms with Gasteiger partial charge in [0.1, 0.15) is 5.00 Å². The molecule has 9 heteroatoms. The lowest BCUT2D eigenvalue weighted by atomic mass is 9.93. The molecule has 0 radical (unpaired) electrons. The number of amides is 1. The highest BCUT2D eigenvalue weighted by atomic mass is 32.1. The summed E-state index contributed by atoms with van der Waals surface area (Å²) in [7, 11) is 0. The van der Waals surface area contributed by atoms with E-state index in [1.807, 2.05) is 13.8 Å². The maximum atomic E-state index is 13.2. The molecule has 1 unspecified atom stereocenters. The number of hydrogen-bond donors (Lipinski definition) is 1. The first-order chi connectivity index (χ1) is 16.2. The molecule has 1 fully saturated rings. The van der Waals surface area contributed by atoms with E-state index in [9.17, 15) is 18.0 Å². The normalized spacial score (nSPS) is 16.5. The number of benzene rings is 1. The largest absolute Gasteiger partial charge is 0.459 e. The Balaban J connectivity index is 1.75. The Kier molecular flexibility index (Phi) is 7.16. The fraction of sp³-hybridized carbons (Fsp3) is 0.400. The molecule has 2 aromatic heterocycles. The number of hydrogen-bond acceptors (Lipinski definition) is 5. The molecule has 3 aromatic rings. The first-order valence-electron chi connectivity index (χ1n) is 11.3. The summed E-state index contributed by atoms with van der Waals surface area (Å²) in [5, 5.41) is 3.68. The standard InChI is InChI=1S/C25H28F3N3O2S/c1-4-30-11-13-31(14-12-30)22(18-7-9-19(10-8-18)25(26,27)28)21-16(2)17(3)34-24(21)29-23(32)20-6-5-15-33-20/h5-10,15,22H,4,11-14H2,1-3H3,(H,29,32). The lowest BCUT2D eigenvalue weighted by molar-refractivity contribution is -0.137. The van der Waals surface area contributed by atoms with Gasteiger partial charge in [-0.05, 0) is 55.8 Å². The molecule has 1 saturated heterocycles. The van der Waals surface area contributed by atoms with Crippen LogP contribution in [0.5, 0.6) is 0 Å². The summed E-state index contributed by atoms with van der Waals surface area (Å²) in [6, 6.07) is 8.37. The number of alkyl halides is 3. The van der Waals surface area contributed by atoms with Crippen LogP contribution < -0.4 is 5.32 Å². The summed E-state index contributed by atoms with van der Waals surface area (Å²) < 4.78 is 44.9.